The van der Waals surface area contributed by atoms with Gasteiger partial charge in [0.25, 0.3) is 5.91 Å². The SMILES string of the molecule is O=C(CN1CCN([C@@H]2CCS(=O)(=O)C2)CC1)Nc1ccccc1C(=O)NC1CC1. The van der Waals surface area contributed by atoms with Gasteiger partial charge in [0.05, 0.1) is 29.3 Å². The summed E-state index contributed by atoms with van der Waals surface area (Å²) in [5.74, 6) is 0.249. The molecule has 1 atom stereocenters. The van der Waals surface area contributed by atoms with Crippen molar-refractivity contribution in [3.63, 3.8) is 0 Å². The van der Waals surface area contributed by atoms with E-state index < -0.39 is 9.84 Å². The van der Waals surface area contributed by atoms with Crippen molar-refractivity contribution in [3.05, 3.63) is 29.8 Å². The fraction of sp³-hybridized carbons (Fsp3) is 0.600. The number of carbonyl (C=O) groups excluding carboxylic acids is 2. The van der Waals surface area contributed by atoms with Crippen molar-refractivity contribution in [1.82, 2.24) is 15.1 Å². The van der Waals surface area contributed by atoms with Gasteiger partial charge in [-0.25, -0.2) is 8.42 Å². The third-order valence-electron chi connectivity index (χ3n) is 5.86. The van der Waals surface area contributed by atoms with E-state index >= 15 is 0 Å². The summed E-state index contributed by atoms with van der Waals surface area (Å²) >= 11 is 0. The molecular formula is C20H28N4O4S. The average Bonchev–Trinajstić information content (AvgIpc) is 3.42. The van der Waals surface area contributed by atoms with Crippen LogP contribution in [0.15, 0.2) is 24.3 Å². The first-order chi connectivity index (χ1) is 13.9. The van der Waals surface area contributed by atoms with Gasteiger partial charge in [0.2, 0.25) is 5.91 Å². The van der Waals surface area contributed by atoms with Crippen LogP contribution in [0.4, 0.5) is 5.69 Å². The van der Waals surface area contributed by atoms with Gasteiger partial charge in [0.1, 0.15) is 0 Å². The van der Waals surface area contributed by atoms with Crippen molar-refractivity contribution >= 4 is 27.3 Å². The molecule has 4 rings (SSSR count). The number of anilines is 1. The molecule has 2 N–H and O–H groups in total. The van der Waals surface area contributed by atoms with Crippen LogP contribution in [0, 0.1) is 0 Å². The third-order valence-corrected chi connectivity index (χ3v) is 7.61. The minimum absolute atomic E-state index is 0.118. The fourth-order valence-electron chi connectivity index (χ4n) is 4.02. The number of amides is 2. The fourth-order valence-corrected chi connectivity index (χ4v) is 5.79. The number of nitrogens with zero attached hydrogens (tertiary/aromatic N) is 2. The lowest BCUT2D eigenvalue weighted by molar-refractivity contribution is -0.117. The van der Waals surface area contributed by atoms with Gasteiger partial charge < -0.3 is 10.6 Å². The molecule has 0 aromatic heterocycles. The first-order valence-corrected chi connectivity index (χ1v) is 12.1. The second kappa shape index (κ2) is 8.41. The number of sulfone groups is 1. The van der Waals surface area contributed by atoms with E-state index in [1.165, 1.54) is 0 Å². The van der Waals surface area contributed by atoms with Crippen LogP contribution >= 0.6 is 0 Å². The van der Waals surface area contributed by atoms with Gasteiger partial charge in [-0.05, 0) is 31.4 Å². The Bertz CT molecular complexity index is 876. The molecule has 0 unspecified atom stereocenters. The lowest BCUT2D eigenvalue weighted by Crippen LogP contribution is -2.52. The van der Waals surface area contributed by atoms with Crippen LogP contribution in [0.2, 0.25) is 0 Å². The second-order valence-electron chi connectivity index (χ2n) is 8.21. The predicted molar refractivity (Wildman–Crippen MR) is 111 cm³/mol. The molecule has 1 aromatic rings. The number of carbonyl (C=O) groups is 2. The van der Waals surface area contributed by atoms with E-state index in [9.17, 15) is 18.0 Å². The Morgan fingerprint density at radius 3 is 2.41 bits per heavy atom. The molecule has 3 aliphatic rings. The highest BCUT2D eigenvalue weighted by Gasteiger charge is 2.34. The Kier molecular flexibility index (Phi) is 5.89. The summed E-state index contributed by atoms with van der Waals surface area (Å²) in [5.41, 5.74) is 1.02. The van der Waals surface area contributed by atoms with Gasteiger partial charge in [-0.15, -0.1) is 0 Å². The van der Waals surface area contributed by atoms with E-state index in [0.717, 1.165) is 39.0 Å². The number of piperazine rings is 1. The maximum absolute atomic E-state index is 12.5. The highest BCUT2D eigenvalue weighted by atomic mass is 32.2. The van der Waals surface area contributed by atoms with Crippen molar-refractivity contribution in [2.24, 2.45) is 0 Å². The molecule has 158 valence electrons. The standard InChI is InChI=1S/C20H28N4O4S/c25-19(22-18-4-2-1-3-17(18)20(26)21-15-5-6-15)13-23-8-10-24(11-9-23)16-7-12-29(27,28)14-16/h1-4,15-16H,5-14H2,(H,21,26)(H,22,25)/t16-/m1/s1. The summed E-state index contributed by atoms with van der Waals surface area (Å²) < 4.78 is 23.4. The van der Waals surface area contributed by atoms with E-state index in [2.05, 4.69) is 20.4 Å². The Balaban J connectivity index is 1.27. The first-order valence-electron chi connectivity index (χ1n) is 10.3. The number of nitrogens with one attached hydrogen (secondary N) is 2. The van der Waals surface area contributed by atoms with Crippen LogP contribution in [-0.4, -0.2) is 86.3 Å². The Hall–Kier alpha value is -1.97. The highest BCUT2D eigenvalue weighted by molar-refractivity contribution is 7.91. The third kappa shape index (κ3) is 5.34. The molecule has 2 heterocycles. The lowest BCUT2D eigenvalue weighted by atomic mass is 10.1. The van der Waals surface area contributed by atoms with Crippen LogP contribution in [0.3, 0.4) is 0 Å². The van der Waals surface area contributed by atoms with Gasteiger partial charge in [0, 0.05) is 38.3 Å². The van der Waals surface area contributed by atoms with Gasteiger partial charge in [0.15, 0.2) is 9.84 Å². The van der Waals surface area contributed by atoms with E-state index in [-0.39, 0.29) is 41.9 Å². The van der Waals surface area contributed by atoms with Gasteiger partial charge in [-0.2, -0.15) is 0 Å². The molecule has 0 spiro atoms. The van der Waals surface area contributed by atoms with Crippen LogP contribution in [0.5, 0.6) is 0 Å². The molecule has 1 saturated carbocycles. The molecule has 3 fully saturated rings. The van der Waals surface area contributed by atoms with Crippen molar-refractivity contribution < 1.29 is 18.0 Å². The maximum Gasteiger partial charge on any atom is 0.253 e. The Labute approximate surface area is 171 Å². The monoisotopic (exact) mass is 420 g/mol. The summed E-state index contributed by atoms with van der Waals surface area (Å²) in [6.07, 6.45) is 2.74. The largest absolute Gasteiger partial charge is 0.349 e. The van der Waals surface area contributed by atoms with Crippen molar-refractivity contribution in [2.45, 2.75) is 31.3 Å². The normalized spacial score (nSPS) is 24.9. The average molecular weight is 421 g/mol. The van der Waals surface area contributed by atoms with Crippen molar-refractivity contribution in [3.8, 4) is 0 Å². The van der Waals surface area contributed by atoms with Crippen LogP contribution in [0.1, 0.15) is 29.6 Å². The number of hydrogen-bond donors (Lipinski definition) is 2. The van der Waals surface area contributed by atoms with Gasteiger partial charge in [-0.1, -0.05) is 12.1 Å². The second-order valence-corrected chi connectivity index (χ2v) is 10.4. The summed E-state index contributed by atoms with van der Waals surface area (Å²) in [6, 6.07) is 7.45. The quantitative estimate of drug-likeness (QED) is 0.688. The summed E-state index contributed by atoms with van der Waals surface area (Å²) in [6.45, 7) is 3.26. The number of benzene rings is 1. The van der Waals surface area contributed by atoms with Crippen LogP contribution < -0.4 is 10.6 Å². The topological polar surface area (TPSA) is 98.8 Å². The van der Waals surface area contributed by atoms with E-state index in [1.54, 1.807) is 24.3 Å². The maximum atomic E-state index is 12.5. The Morgan fingerprint density at radius 2 is 1.76 bits per heavy atom. The lowest BCUT2D eigenvalue weighted by Gasteiger charge is -2.37. The van der Waals surface area contributed by atoms with E-state index in [1.807, 2.05) is 0 Å². The minimum Gasteiger partial charge on any atom is -0.349 e. The molecule has 2 saturated heterocycles. The molecule has 29 heavy (non-hydrogen) atoms. The molecule has 0 bridgehead atoms. The van der Waals surface area contributed by atoms with E-state index in [0.29, 0.717) is 17.7 Å². The summed E-state index contributed by atoms with van der Waals surface area (Å²) in [5, 5.41) is 5.83. The minimum atomic E-state index is -2.88. The number of rotatable bonds is 6. The number of hydrogen-bond acceptors (Lipinski definition) is 6. The smallest absolute Gasteiger partial charge is 0.253 e. The summed E-state index contributed by atoms with van der Waals surface area (Å²) in [4.78, 5) is 29.2. The molecule has 0 radical (unpaired) electrons. The summed E-state index contributed by atoms with van der Waals surface area (Å²) in [7, 11) is -2.88. The van der Waals surface area contributed by atoms with Crippen molar-refractivity contribution in [2.75, 3.05) is 49.5 Å². The molecule has 8 nitrogen and oxygen atoms in total. The van der Waals surface area contributed by atoms with Crippen LogP contribution in [0.25, 0.3) is 0 Å². The molecule has 2 aliphatic heterocycles. The highest BCUT2D eigenvalue weighted by Crippen LogP contribution is 2.22. The molecule has 1 aliphatic carbocycles. The number of para-hydroxylation sites is 1. The molecular weight excluding hydrogens is 392 g/mol. The van der Waals surface area contributed by atoms with Gasteiger partial charge >= 0.3 is 0 Å². The Morgan fingerprint density at radius 1 is 1.03 bits per heavy atom. The van der Waals surface area contributed by atoms with Gasteiger partial charge in [-0.3, -0.25) is 19.4 Å². The molecule has 1 aromatic carbocycles. The zero-order valence-corrected chi connectivity index (χ0v) is 17.3. The van der Waals surface area contributed by atoms with Crippen molar-refractivity contribution in [1.29, 1.82) is 0 Å². The molecule has 9 heteroatoms. The van der Waals surface area contributed by atoms with Crippen LogP contribution in [-0.2, 0) is 14.6 Å². The first kappa shape index (κ1) is 20.3. The van der Waals surface area contributed by atoms with E-state index in [4.69, 9.17) is 0 Å². The zero-order valence-electron chi connectivity index (χ0n) is 16.5. The predicted octanol–water partition coefficient (Wildman–Crippen LogP) is 0.322. The molecule has 2 amide bonds. The zero-order chi connectivity index (χ0) is 20.4.